The molecule has 0 aliphatic rings. The van der Waals surface area contributed by atoms with Crippen molar-refractivity contribution >= 4 is 11.9 Å². The molecule has 0 saturated carbocycles. The highest BCUT2D eigenvalue weighted by Crippen LogP contribution is 2.15. The molecule has 0 saturated heterocycles. The molecule has 0 unspecified atom stereocenters. The van der Waals surface area contributed by atoms with Crippen LogP contribution in [0.1, 0.15) is 19.3 Å². The first kappa shape index (κ1) is 11.4. The molecule has 4 heteroatoms. The van der Waals surface area contributed by atoms with E-state index >= 15 is 0 Å². The Kier molecular flexibility index (Phi) is 4.51. The van der Waals surface area contributed by atoms with Gasteiger partial charge >= 0.3 is 11.9 Å². The van der Waals surface area contributed by atoms with E-state index in [1.54, 1.807) is 0 Å². The van der Waals surface area contributed by atoms with Gasteiger partial charge in [-0.25, -0.2) is 0 Å². The summed E-state index contributed by atoms with van der Waals surface area (Å²) < 4.78 is 0. The largest absolute Gasteiger partial charge is 0.481 e. The molecule has 0 aromatic rings. The van der Waals surface area contributed by atoms with E-state index in [9.17, 15) is 9.59 Å². The van der Waals surface area contributed by atoms with E-state index < -0.39 is 11.9 Å². The second-order valence-electron chi connectivity index (χ2n) is 2.67. The van der Waals surface area contributed by atoms with Crippen LogP contribution in [0.15, 0.2) is 24.3 Å². The van der Waals surface area contributed by atoms with Crippen LogP contribution in [0.25, 0.3) is 0 Å². The van der Waals surface area contributed by atoms with Crippen molar-refractivity contribution in [3.63, 3.8) is 0 Å². The van der Waals surface area contributed by atoms with Gasteiger partial charge in [0, 0.05) is 6.42 Å². The average Bonchev–Trinajstić information content (AvgIpc) is 1.98. The summed E-state index contributed by atoms with van der Waals surface area (Å²) in [5, 5.41) is 16.7. The van der Waals surface area contributed by atoms with E-state index in [4.69, 9.17) is 10.2 Å². The number of hydrogen-bond acceptors (Lipinski definition) is 2. The molecule has 13 heavy (non-hydrogen) atoms. The van der Waals surface area contributed by atoms with Gasteiger partial charge in [0.1, 0.15) is 0 Å². The first-order chi connectivity index (χ1) is 5.93. The van der Waals surface area contributed by atoms with Crippen LogP contribution in [0.4, 0.5) is 0 Å². The van der Waals surface area contributed by atoms with Gasteiger partial charge in [-0.1, -0.05) is 18.7 Å². The Morgan fingerprint density at radius 3 is 1.85 bits per heavy atom. The Balaban J connectivity index is 3.90. The minimum absolute atomic E-state index is 0.0442. The van der Waals surface area contributed by atoms with Gasteiger partial charge in [0.15, 0.2) is 0 Å². The second-order valence-corrected chi connectivity index (χ2v) is 2.67. The van der Waals surface area contributed by atoms with E-state index in [1.807, 2.05) is 0 Å². The Labute approximate surface area is 76.2 Å². The highest BCUT2D eigenvalue weighted by atomic mass is 16.4. The van der Waals surface area contributed by atoms with E-state index in [2.05, 4.69) is 13.2 Å². The fourth-order valence-corrected chi connectivity index (χ4v) is 0.742. The molecular formula is C9H12O4. The van der Waals surface area contributed by atoms with Crippen LogP contribution >= 0.6 is 0 Å². The third-order valence-corrected chi connectivity index (χ3v) is 1.51. The van der Waals surface area contributed by atoms with Gasteiger partial charge in [0.05, 0.1) is 6.42 Å². The third kappa shape index (κ3) is 5.66. The summed E-state index contributed by atoms with van der Waals surface area (Å²) in [4.78, 5) is 20.4. The van der Waals surface area contributed by atoms with Crippen molar-refractivity contribution in [3.05, 3.63) is 24.3 Å². The second kappa shape index (κ2) is 5.13. The monoisotopic (exact) mass is 184 g/mol. The van der Waals surface area contributed by atoms with Crippen LogP contribution in [0, 0.1) is 0 Å². The number of carbonyl (C=O) groups is 2. The van der Waals surface area contributed by atoms with Crippen molar-refractivity contribution in [1.82, 2.24) is 0 Å². The molecule has 0 atom stereocenters. The van der Waals surface area contributed by atoms with Gasteiger partial charge < -0.3 is 10.2 Å². The van der Waals surface area contributed by atoms with E-state index in [0.717, 1.165) is 0 Å². The molecule has 0 aliphatic heterocycles. The summed E-state index contributed by atoms with van der Waals surface area (Å²) in [6, 6.07) is 0. The lowest BCUT2D eigenvalue weighted by atomic mass is 10.0. The van der Waals surface area contributed by atoms with Crippen LogP contribution in [0.3, 0.4) is 0 Å². The van der Waals surface area contributed by atoms with Crippen molar-refractivity contribution < 1.29 is 19.8 Å². The standard InChI is InChI=1S/C9H12O4/c1-6(3-4-8(10)11)7(2)5-9(12)13/h1-5H2,(H,10,11)(H,12,13). The Morgan fingerprint density at radius 1 is 0.923 bits per heavy atom. The highest BCUT2D eigenvalue weighted by Gasteiger charge is 2.06. The summed E-state index contributed by atoms with van der Waals surface area (Å²) in [6.07, 6.45) is 0.0252. The van der Waals surface area contributed by atoms with Gasteiger partial charge in [-0.3, -0.25) is 9.59 Å². The molecule has 0 fully saturated rings. The van der Waals surface area contributed by atoms with E-state index in [0.29, 0.717) is 11.1 Å². The van der Waals surface area contributed by atoms with Crippen LogP contribution in [0.5, 0.6) is 0 Å². The number of rotatable bonds is 6. The van der Waals surface area contributed by atoms with Gasteiger partial charge in [0.25, 0.3) is 0 Å². The first-order valence-electron chi connectivity index (χ1n) is 3.73. The number of hydrogen-bond donors (Lipinski definition) is 2. The lowest BCUT2D eigenvalue weighted by Gasteiger charge is -2.04. The Morgan fingerprint density at radius 2 is 1.46 bits per heavy atom. The summed E-state index contributed by atoms with van der Waals surface area (Å²) in [6.45, 7) is 7.05. The molecule has 0 spiro atoms. The van der Waals surface area contributed by atoms with Gasteiger partial charge in [-0.05, 0) is 12.0 Å². The van der Waals surface area contributed by atoms with E-state index in [-0.39, 0.29) is 19.3 Å². The molecule has 2 N–H and O–H groups in total. The van der Waals surface area contributed by atoms with Crippen molar-refractivity contribution in [2.45, 2.75) is 19.3 Å². The van der Waals surface area contributed by atoms with Gasteiger partial charge in [-0.2, -0.15) is 0 Å². The predicted octanol–water partition coefficient (Wildman–Crippen LogP) is 1.44. The molecule has 0 radical (unpaired) electrons. The molecule has 0 rings (SSSR count). The highest BCUT2D eigenvalue weighted by molar-refractivity contribution is 5.72. The van der Waals surface area contributed by atoms with Crippen LogP contribution in [-0.2, 0) is 9.59 Å². The summed E-state index contributed by atoms with van der Waals surface area (Å²) in [5.41, 5.74) is 0.874. The maximum atomic E-state index is 10.2. The molecule has 0 amide bonds. The Bertz CT molecular complexity index is 252. The van der Waals surface area contributed by atoms with Gasteiger partial charge in [0.2, 0.25) is 0 Å². The van der Waals surface area contributed by atoms with E-state index in [1.165, 1.54) is 0 Å². The number of carboxylic acid groups (broad SMARTS) is 2. The molecule has 4 nitrogen and oxygen atoms in total. The SMILES string of the molecule is C=C(CCC(=O)O)C(=C)CC(=O)O. The van der Waals surface area contributed by atoms with Crippen LogP contribution < -0.4 is 0 Å². The molecule has 0 aromatic heterocycles. The molecule has 0 aliphatic carbocycles. The quantitative estimate of drug-likeness (QED) is 0.612. The number of allylic oxidation sites excluding steroid dienone is 1. The van der Waals surface area contributed by atoms with Crippen molar-refractivity contribution in [3.8, 4) is 0 Å². The smallest absolute Gasteiger partial charge is 0.307 e. The minimum Gasteiger partial charge on any atom is -0.481 e. The predicted molar refractivity (Wildman–Crippen MR) is 47.4 cm³/mol. The lowest BCUT2D eigenvalue weighted by molar-refractivity contribution is -0.137. The lowest BCUT2D eigenvalue weighted by Crippen LogP contribution is -2.00. The molecule has 72 valence electrons. The number of aliphatic carboxylic acids is 2. The zero-order valence-corrected chi connectivity index (χ0v) is 7.25. The summed E-state index contributed by atoms with van der Waals surface area (Å²) >= 11 is 0. The topological polar surface area (TPSA) is 74.6 Å². The number of carboxylic acids is 2. The fourth-order valence-electron chi connectivity index (χ4n) is 0.742. The summed E-state index contributed by atoms with van der Waals surface area (Å²) in [7, 11) is 0. The van der Waals surface area contributed by atoms with Crippen LogP contribution in [-0.4, -0.2) is 22.2 Å². The first-order valence-corrected chi connectivity index (χ1v) is 3.73. The molecule has 0 heterocycles. The molecule has 0 aromatic carbocycles. The van der Waals surface area contributed by atoms with Crippen molar-refractivity contribution in [2.75, 3.05) is 0 Å². The van der Waals surface area contributed by atoms with Crippen molar-refractivity contribution in [1.29, 1.82) is 0 Å². The van der Waals surface area contributed by atoms with Gasteiger partial charge in [-0.15, -0.1) is 0 Å². The molecule has 0 bridgehead atoms. The zero-order chi connectivity index (χ0) is 10.4. The maximum Gasteiger partial charge on any atom is 0.307 e. The Hall–Kier alpha value is -1.58. The maximum absolute atomic E-state index is 10.2. The minimum atomic E-state index is -0.985. The van der Waals surface area contributed by atoms with Crippen molar-refractivity contribution in [2.24, 2.45) is 0 Å². The normalized spacial score (nSPS) is 9.23. The fraction of sp³-hybridized carbons (Fsp3) is 0.333. The molecular weight excluding hydrogens is 172 g/mol. The zero-order valence-electron chi connectivity index (χ0n) is 7.25. The summed E-state index contributed by atoms with van der Waals surface area (Å²) in [5.74, 6) is -1.91. The average molecular weight is 184 g/mol. The third-order valence-electron chi connectivity index (χ3n) is 1.51. The van der Waals surface area contributed by atoms with Crippen LogP contribution in [0.2, 0.25) is 0 Å².